The average Bonchev–Trinajstić information content (AvgIpc) is 3.06. The lowest BCUT2D eigenvalue weighted by Crippen LogP contribution is -2.05. The average molecular weight is 328 g/mol. The van der Waals surface area contributed by atoms with E-state index in [1.807, 2.05) is 0 Å². The molecule has 0 saturated carbocycles. The molecular formula is C17H10F2N2O3. The van der Waals surface area contributed by atoms with Crippen LogP contribution in [-0.4, -0.2) is 15.7 Å². The van der Waals surface area contributed by atoms with Gasteiger partial charge >= 0.3 is 0 Å². The van der Waals surface area contributed by atoms with E-state index in [0.717, 1.165) is 12.1 Å². The number of ketones is 1. The van der Waals surface area contributed by atoms with E-state index in [2.05, 4.69) is 4.98 Å². The molecule has 0 radical (unpaired) electrons. The van der Waals surface area contributed by atoms with E-state index in [1.165, 1.54) is 42.7 Å². The molecule has 0 spiro atoms. The van der Waals surface area contributed by atoms with Gasteiger partial charge in [-0.25, -0.2) is 8.78 Å². The molecule has 0 aliphatic carbocycles. The highest BCUT2D eigenvalue weighted by Gasteiger charge is 2.23. The highest BCUT2D eigenvalue weighted by molar-refractivity contribution is 6.14. The minimum Gasteiger partial charge on any atom is -0.366 e. The van der Waals surface area contributed by atoms with Crippen LogP contribution in [0.15, 0.2) is 54.9 Å². The normalized spacial score (nSPS) is 10.6. The first kappa shape index (κ1) is 15.5. The molecule has 0 aliphatic rings. The molecule has 0 fully saturated rings. The van der Waals surface area contributed by atoms with Crippen LogP contribution in [0.25, 0.3) is 11.1 Å². The second-order valence-corrected chi connectivity index (χ2v) is 5.01. The molecular weight excluding hydrogens is 318 g/mol. The number of carbonyl (C=O) groups is 1. The maximum Gasteiger partial charge on any atom is 0.280 e. The molecule has 1 heterocycles. The lowest BCUT2D eigenvalue weighted by Gasteiger charge is -2.05. The van der Waals surface area contributed by atoms with Gasteiger partial charge in [-0.15, -0.1) is 0 Å². The molecule has 24 heavy (non-hydrogen) atoms. The Labute approximate surface area is 134 Å². The van der Waals surface area contributed by atoms with E-state index in [1.54, 1.807) is 0 Å². The molecule has 0 atom stereocenters. The van der Waals surface area contributed by atoms with Crippen molar-refractivity contribution < 1.29 is 18.5 Å². The summed E-state index contributed by atoms with van der Waals surface area (Å²) in [7, 11) is 0. The fourth-order valence-corrected chi connectivity index (χ4v) is 2.42. The van der Waals surface area contributed by atoms with Crippen LogP contribution in [0.4, 0.5) is 14.5 Å². The van der Waals surface area contributed by atoms with Crippen LogP contribution in [0.5, 0.6) is 0 Å². The topological polar surface area (TPSA) is 76.0 Å². The summed E-state index contributed by atoms with van der Waals surface area (Å²) in [5.41, 5.74) is 0.357. The van der Waals surface area contributed by atoms with Crippen molar-refractivity contribution in [3.63, 3.8) is 0 Å². The molecule has 3 rings (SSSR count). The molecule has 0 aliphatic heterocycles. The van der Waals surface area contributed by atoms with E-state index in [0.29, 0.717) is 5.56 Å². The molecule has 2 aromatic carbocycles. The molecule has 5 nitrogen and oxygen atoms in total. The monoisotopic (exact) mass is 328 g/mol. The number of hydrogen-bond donors (Lipinski definition) is 1. The molecule has 0 saturated heterocycles. The second-order valence-electron chi connectivity index (χ2n) is 5.01. The Morgan fingerprint density at radius 2 is 1.75 bits per heavy atom. The summed E-state index contributed by atoms with van der Waals surface area (Å²) in [5.74, 6) is -2.62. The number of benzene rings is 2. The Balaban J connectivity index is 2.09. The maximum absolute atomic E-state index is 13.4. The van der Waals surface area contributed by atoms with Gasteiger partial charge in [0.05, 0.1) is 4.92 Å². The minimum atomic E-state index is -1.04. The fraction of sp³-hybridized carbons (Fsp3) is 0. The molecule has 1 aromatic heterocycles. The Kier molecular flexibility index (Phi) is 3.91. The number of nitro groups is 1. The van der Waals surface area contributed by atoms with Crippen LogP contribution in [0.2, 0.25) is 0 Å². The third-order valence-electron chi connectivity index (χ3n) is 3.57. The summed E-state index contributed by atoms with van der Waals surface area (Å²) < 4.78 is 26.5. The predicted octanol–water partition coefficient (Wildman–Crippen LogP) is 4.10. The van der Waals surface area contributed by atoms with Gasteiger partial charge in [0, 0.05) is 29.6 Å². The summed E-state index contributed by atoms with van der Waals surface area (Å²) in [6.07, 6.45) is 2.82. The highest BCUT2D eigenvalue weighted by atomic mass is 19.2. The molecule has 120 valence electrons. The Hall–Kier alpha value is -3.35. The van der Waals surface area contributed by atoms with Crippen LogP contribution in [0.3, 0.4) is 0 Å². The van der Waals surface area contributed by atoms with Crippen LogP contribution < -0.4 is 0 Å². The zero-order valence-corrected chi connectivity index (χ0v) is 12.1. The van der Waals surface area contributed by atoms with Gasteiger partial charge in [0.25, 0.3) is 5.69 Å². The van der Waals surface area contributed by atoms with E-state index in [4.69, 9.17) is 0 Å². The number of carbonyl (C=O) groups excluding carboxylic acids is 1. The maximum atomic E-state index is 13.4. The number of aromatic amines is 1. The zero-order valence-electron chi connectivity index (χ0n) is 12.1. The van der Waals surface area contributed by atoms with Crippen molar-refractivity contribution in [2.45, 2.75) is 0 Å². The quantitative estimate of drug-likeness (QED) is 0.445. The number of hydrogen-bond acceptors (Lipinski definition) is 3. The standard InChI is InChI=1S/C17H10F2N2O3/c18-14-6-5-10(7-15(14)19)12-8-20-9-13(12)17(22)11-3-1-2-4-16(11)21(23)24/h1-9,20H. The van der Waals surface area contributed by atoms with Crippen molar-refractivity contribution in [1.82, 2.24) is 4.98 Å². The molecule has 0 amide bonds. The number of rotatable bonds is 4. The van der Waals surface area contributed by atoms with Gasteiger partial charge < -0.3 is 4.98 Å². The number of nitrogens with zero attached hydrogens (tertiary/aromatic N) is 1. The second kappa shape index (κ2) is 6.04. The first-order valence-electron chi connectivity index (χ1n) is 6.89. The molecule has 3 aromatic rings. The minimum absolute atomic E-state index is 0.0778. The van der Waals surface area contributed by atoms with E-state index in [9.17, 15) is 23.7 Å². The van der Waals surface area contributed by atoms with E-state index >= 15 is 0 Å². The summed E-state index contributed by atoms with van der Waals surface area (Å²) in [5, 5.41) is 11.1. The summed E-state index contributed by atoms with van der Waals surface area (Å²) >= 11 is 0. The van der Waals surface area contributed by atoms with Gasteiger partial charge in [0.1, 0.15) is 5.56 Å². The first-order valence-corrected chi connectivity index (χ1v) is 6.89. The first-order chi connectivity index (χ1) is 11.5. The Bertz CT molecular complexity index is 951. The largest absolute Gasteiger partial charge is 0.366 e. The number of nitrogens with one attached hydrogen (secondary N) is 1. The van der Waals surface area contributed by atoms with Crippen molar-refractivity contribution in [2.24, 2.45) is 0 Å². The van der Waals surface area contributed by atoms with Crippen molar-refractivity contribution in [2.75, 3.05) is 0 Å². The van der Waals surface area contributed by atoms with Gasteiger partial charge in [0.15, 0.2) is 11.6 Å². The molecule has 0 bridgehead atoms. The summed E-state index contributed by atoms with van der Waals surface area (Å²) in [6, 6.07) is 8.81. The lowest BCUT2D eigenvalue weighted by atomic mass is 9.97. The Morgan fingerprint density at radius 3 is 2.46 bits per heavy atom. The van der Waals surface area contributed by atoms with Gasteiger partial charge in [-0.2, -0.15) is 0 Å². The van der Waals surface area contributed by atoms with Gasteiger partial charge in [-0.05, 0) is 23.8 Å². The number of nitro benzene ring substituents is 1. The summed E-state index contributed by atoms with van der Waals surface area (Å²) in [6.45, 7) is 0. The van der Waals surface area contributed by atoms with Crippen LogP contribution in [-0.2, 0) is 0 Å². The summed E-state index contributed by atoms with van der Waals surface area (Å²) in [4.78, 5) is 25.9. The van der Waals surface area contributed by atoms with Crippen LogP contribution >= 0.6 is 0 Å². The SMILES string of the molecule is O=C(c1c[nH]cc1-c1ccc(F)c(F)c1)c1ccccc1[N+](=O)[O-]. The van der Waals surface area contributed by atoms with Crippen molar-refractivity contribution in [3.05, 3.63) is 87.7 Å². The number of H-pyrrole nitrogens is 1. The molecule has 1 N–H and O–H groups in total. The fourth-order valence-electron chi connectivity index (χ4n) is 2.42. The van der Waals surface area contributed by atoms with Crippen molar-refractivity contribution in [1.29, 1.82) is 0 Å². The number of para-hydroxylation sites is 1. The lowest BCUT2D eigenvalue weighted by molar-refractivity contribution is -0.385. The number of aromatic nitrogens is 1. The van der Waals surface area contributed by atoms with Crippen molar-refractivity contribution >= 4 is 11.5 Å². The smallest absolute Gasteiger partial charge is 0.280 e. The van der Waals surface area contributed by atoms with E-state index < -0.39 is 22.3 Å². The molecule has 0 unspecified atom stereocenters. The van der Waals surface area contributed by atoms with Crippen LogP contribution in [0, 0.1) is 21.7 Å². The highest BCUT2D eigenvalue weighted by Crippen LogP contribution is 2.29. The van der Waals surface area contributed by atoms with E-state index in [-0.39, 0.29) is 22.4 Å². The van der Waals surface area contributed by atoms with Crippen LogP contribution in [0.1, 0.15) is 15.9 Å². The molecule has 7 heteroatoms. The van der Waals surface area contributed by atoms with Gasteiger partial charge in [-0.3, -0.25) is 14.9 Å². The Morgan fingerprint density at radius 1 is 1.00 bits per heavy atom. The third kappa shape index (κ3) is 2.67. The predicted molar refractivity (Wildman–Crippen MR) is 82.7 cm³/mol. The van der Waals surface area contributed by atoms with Gasteiger partial charge in [0.2, 0.25) is 5.78 Å². The van der Waals surface area contributed by atoms with Gasteiger partial charge in [-0.1, -0.05) is 18.2 Å². The zero-order chi connectivity index (χ0) is 17.3. The van der Waals surface area contributed by atoms with Crippen molar-refractivity contribution in [3.8, 4) is 11.1 Å². The number of halogens is 2. The third-order valence-corrected chi connectivity index (χ3v) is 3.57.